The van der Waals surface area contributed by atoms with Crippen molar-refractivity contribution in [2.75, 3.05) is 0 Å². The molecule has 3 rings (SSSR count). The molecule has 33 heavy (non-hydrogen) atoms. The zero-order valence-electron chi connectivity index (χ0n) is 20.4. The summed E-state index contributed by atoms with van der Waals surface area (Å²) in [6, 6.07) is 0. The molecule has 2 bridgehead atoms. The Balaban J connectivity index is 2.39. The SMILES string of the molecule is CC(=O)OC1C2C(OC(C)=O)C3(OC2(C)C)C(C)(O)CCC(OC(C)=O)C3(C)C1OC(C)=O. The highest BCUT2D eigenvalue weighted by molar-refractivity contribution is 5.69. The van der Waals surface area contributed by atoms with Crippen LogP contribution in [0.5, 0.6) is 0 Å². The number of ether oxygens (including phenoxy) is 5. The van der Waals surface area contributed by atoms with Crippen molar-refractivity contribution in [3.8, 4) is 0 Å². The van der Waals surface area contributed by atoms with E-state index >= 15 is 0 Å². The summed E-state index contributed by atoms with van der Waals surface area (Å²) < 4.78 is 29.6. The third-order valence-corrected chi connectivity index (χ3v) is 7.56. The van der Waals surface area contributed by atoms with E-state index in [1.165, 1.54) is 27.7 Å². The number of hydrogen-bond acceptors (Lipinski definition) is 10. The molecule has 186 valence electrons. The van der Waals surface area contributed by atoms with Crippen LogP contribution in [0.4, 0.5) is 0 Å². The first-order chi connectivity index (χ1) is 15.0. The molecule has 0 aromatic rings. The molecular formula is C23H34O10. The van der Waals surface area contributed by atoms with Gasteiger partial charge in [-0.15, -0.1) is 0 Å². The highest BCUT2D eigenvalue weighted by Gasteiger charge is 2.85. The summed E-state index contributed by atoms with van der Waals surface area (Å²) in [7, 11) is 0. The van der Waals surface area contributed by atoms with Gasteiger partial charge in [0.05, 0.1) is 22.5 Å². The average molecular weight is 471 g/mol. The lowest BCUT2D eigenvalue weighted by atomic mass is 9.47. The number of fused-ring (bicyclic) bond motifs is 1. The Labute approximate surface area is 193 Å². The van der Waals surface area contributed by atoms with E-state index < -0.39 is 76.4 Å². The maximum Gasteiger partial charge on any atom is 0.303 e. The smallest absolute Gasteiger partial charge is 0.303 e. The fourth-order valence-electron chi connectivity index (χ4n) is 6.61. The molecule has 3 aliphatic rings. The van der Waals surface area contributed by atoms with Crippen LogP contribution in [0.25, 0.3) is 0 Å². The minimum atomic E-state index is -1.64. The molecule has 1 aliphatic heterocycles. The number of carbonyl (C=O) groups is 4. The van der Waals surface area contributed by atoms with Gasteiger partial charge in [-0.1, -0.05) is 0 Å². The molecule has 2 saturated carbocycles. The van der Waals surface area contributed by atoms with Gasteiger partial charge in [-0.2, -0.15) is 0 Å². The second-order valence-corrected chi connectivity index (χ2v) is 10.3. The van der Waals surface area contributed by atoms with Gasteiger partial charge in [-0.3, -0.25) is 19.2 Å². The molecule has 2 aliphatic carbocycles. The predicted octanol–water partition coefficient (Wildman–Crippen LogP) is 1.44. The van der Waals surface area contributed by atoms with Gasteiger partial charge in [0.2, 0.25) is 0 Å². The Morgan fingerprint density at radius 1 is 0.788 bits per heavy atom. The van der Waals surface area contributed by atoms with Crippen molar-refractivity contribution in [1.29, 1.82) is 0 Å². The zero-order chi connectivity index (χ0) is 25.1. The average Bonchev–Trinajstić information content (AvgIpc) is 2.83. The Bertz CT molecular complexity index is 863. The van der Waals surface area contributed by atoms with Crippen LogP contribution in [-0.2, 0) is 42.9 Å². The van der Waals surface area contributed by atoms with E-state index in [1.807, 2.05) is 0 Å². The minimum absolute atomic E-state index is 0.159. The molecule has 0 aromatic carbocycles. The molecular weight excluding hydrogens is 436 g/mol. The minimum Gasteiger partial charge on any atom is -0.462 e. The Morgan fingerprint density at radius 2 is 1.27 bits per heavy atom. The second-order valence-electron chi connectivity index (χ2n) is 10.3. The largest absolute Gasteiger partial charge is 0.462 e. The van der Waals surface area contributed by atoms with Gasteiger partial charge < -0.3 is 28.8 Å². The van der Waals surface area contributed by atoms with Crippen LogP contribution < -0.4 is 0 Å². The van der Waals surface area contributed by atoms with E-state index in [0.29, 0.717) is 0 Å². The van der Waals surface area contributed by atoms with Crippen LogP contribution in [0.1, 0.15) is 68.2 Å². The summed E-state index contributed by atoms with van der Waals surface area (Å²) in [6.07, 6.45) is -3.86. The van der Waals surface area contributed by atoms with Crippen LogP contribution >= 0.6 is 0 Å². The Morgan fingerprint density at radius 3 is 1.76 bits per heavy atom. The van der Waals surface area contributed by atoms with Gasteiger partial charge in [0.1, 0.15) is 23.9 Å². The van der Waals surface area contributed by atoms with E-state index in [2.05, 4.69) is 0 Å². The lowest BCUT2D eigenvalue weighted by Gasteiger charge is -2.64. The highest BCUT2D eigenvalue weighted by Crippen LogP contribution is 2.69. The number of carbonyl (C=O) groups excluding carboxylic acids is 4. The van der Waals surface area contributed by atoms with Crippen molar-refractivity contribution in [1.82, 2.24) is 0 Å². The summed E-state index contributed by atoms with van der Waals surface area (Å²) in [4.78, 5) is 48.7. The van der Waals surface area contributed by atoms with Crippen LogP contribution in [0.2, 0.25) is 0 Å². The first kappa shape index (κ1) is 25.4. The first-order valence-corrected chi connectivity index (χ1v) is 11.1. The topological polar surface area (TPSA) is 135 Å². The van der Waals surface area contributed by atoms with Crippen molar-refractivity contribution < 1.29 is 48.0 Å². The molecule has 0 amide bonds. The lowest BCUT2D eigenvalue weighted by molar-refractivity contribution is -0.338. The predicted molar refractivity (Wildman–Crippen MR) is 112 cm³/mol. The standard InChI is InChI=1S/C23H34O10/c1-11(24)29-15-9-10-21(7,28)23-18(31-13(3)26)16(20(5,6)33-23)17(30-12(2)25)19(22(15,23)8)32-14(4)27/h15-19,28H,9-10H2,1-8H3. The fourth-order valence-corrected chi connectivity index (χ4v) is 6.61. The third-order valence-electron chi connectivity index (χ3n) is 7.56. The highest BCUT2D eigenvalue weighted by atomic mass is 16.6. The quantitative estimate of drug-likeness (QED) is 0.475. The normalized spacial score (nSPS) is 43.1. The van der Waals surface area contributed by atoms with Gasteiger partial charge in [-0.05, 0) is 40.5 Å². The molecule has 3 fully saturated rings. The number of aliphatic hydroxyl groups is 1. The van der Waals surface area contributed by atoms with E-state index in [9.17, 15) is 24.3 Å². The van der Waals surface area contributed by atoms with Crippen LogP contribution in [0.15, 0.2) is 0 Å². The van der Waals surface area contributed by atoms with Gasteiger partial charge >= 0.3 is 23.9 Å². The molecule has 1 N–H and O–H groups in total. The van der Waals surface area contributed by atoms with Crippen molar-refractivity contribution in [2.45, 2.75) is 109 Å². The van der Waals surface area contributed by atoms with E-state index in [0.717, 1.165) is 0 Å². The Hall–Kier alpha value is -2.20. The third kappa shape index (κ3) is 3.62. The molecule has 1 saturated heterocycles. The number of hydrogen-bond donors (Lipinski definition) is 1. The van der Waals surface area contributed by atoms with Crippen LogP contribution in [0, 0.1) is 11.3 Å². The van der Waals surface area contributed by atoms with E-state index in [1.54, 1.807) is 27.7 Å². The van der Waals surface area contributed by atoms with Gasteiger partial charge in [0.25, 0.3) is 0 Å². The lowest BCUT2D eigenvalue weighted by Crippen LogP contribution is -2.81. The first-order valence-electron chi connectivity index (χ1n) is 11.1. The summed E-state index contributed by atoms with van der Waals surface area (Å²) in [5.41, 5.74) is -5.76. The molecule has 1 spiro atoms. The molecule has 8 unspecified atom stereocenters. The summed E-state index contributed by atoms with van der Waals surface area (Å²) in [5.74, 6) is -3.27. The number of rotatable bonds is 4. The van der Waals surface area contributed by atoms with Gasteiger partial charge in [0, 0.05) is 27.7 Å². The number of esters is 4. The molecule has 0 radical (unpaired) electrons. The maximum absolute atomic E-state index is 12.2. The molecule has 10 heteroatoms. The monoisotopic (exact) mass is 470 g/mol. The van der Waals surface area contributed by atoms with Crippen molar-refractivity contribution in [3.63, 3.8) is 0 Å². The maximum atomic E-state index is 12.2. The van der Waals surface area contributed by atoms with Crippen molar-refractivity contribution >= 4 is 23.9 Å². The molecule has 10 nitrogen and oxygen atoms in total. The molecule has 1 heterocycles. The van der Waals surface area contributed by atoms with E-state index in [4.69, 9.17) is 23.7 Å². The Kier molecular flexibility index (Phi) is 6.12. The van der Waals surface area contributed by atoms with Crippen molar-refractivity contribution in [3.05, 3.63) is 0 Å². The summed E-state index contributed by atoms with van der Waals surface area (Å²) in [5, 5.41) is 11.8. The van der Waals surface area contributed by atoms with Crippen LogP contribution in [0.3, 0.4) is 0 Å². The van der Waals surface area contributed by atoms with Crippen molar-refractivity contribution in [2.24, 2.45) is 11.3 Å². The summed E-state index contributed by atoms with van der Waals surface area (Å²) in [6.45, 7) is 11.6. The fraction of sp³-hybridized carbons (Fsp3) is 0.826. The molecule has 8 atom stereocenters. The van der Waals surface area contributed by atoms with Crippen LogP contribution in [-0.4, -0.2) is 70.2 Å². The second kappa shape index (κ2) is 7.94. The zero-order valence-corrected chi connectivity index (χ0v) is 20.4. The van der Waals surface area contributed by atoms with Gasteiger partial charge in [0.15, 0.2) is 6.10 Å². The van der Waals surface area contributed by atoms with E-state index in [-0.39, 0.29) is 12.8 Å². The van der Waals surface area contributed by atoms with Gasteiger partial charge in [-0.25, -0.2) is 0 Å². The molecule has 0 aromatic heterocycles. The summed E-state index contributed by atoms with van der Waals surface area (Å²) >= 11 is 0.